The van der Waals surface area contributed by atoms with Gasteiger partial charge in [-0.15, -0.1) is 0 Å². The van der Waals surface area contributed by atoms with E-state index < -0.39 is 5.91 Å². The van der Waals surface area contributed by atoms with Crippen LogP contribution in [0, 0.1) is 13.8 Å². The molecule has 0 unspecified atom stereocenters. The van der Waals surface area contributed by atoms with Crippen molar-refractivity contribution < 1.29 is 14.0 Å². The van der Waals surface area contributed by atoms with Gasteiger partial charge >= 0.3 is 0 Å². The van der Waals surface area contributed by atoms with Crippen LogP contribution in [0.4, 0.5) is 11.4 Å². The number of nitrogens with one attached hydrogen (secondary N) is 2. The number of anilines is 2. The van der Waals surface area contributed by atoms with Gasteiger partial charge in [0.25, 0.3) is 11.8 Å². The number of benzene rings is 2. The largest absolute Gasteiger partial charge is 0.459 e. The quantitative estimate of drug-likeness (QED) is 0.743. The Kier molecular flexibility index (Phi) is 4.66. The van der Waals surface area contributed by atoms with E-state index in [1.165, 1.54) is 6.26 Å². The lowest BCUT2D eigenvalue weighted by atomic mass is 10.1. The second-order valence-electron chi connectivity index (χ2n) is 5.76. The van der Waals surface area contributed by atoms with Crippen molar-refractivity contribution >= 4 is 23.2 Å². The van der Waals surface area contributed by atoms with Gasteiger partial charge in [-0.2, -0.15) is 0 Å². The highest BCUT2D eigenvalue weighted by molar-refractivity contribution is 6.12. The standard InChI is InChI=1S/C20H18N2O3/c1-13-6-5-7-15(12-13)21-19(23)16-8-3-4-9-17(16)22-20(24)18-14(2)10-11-25-18/h3-12H,1-2H3,(H,21,23)(H,22,24). The fraction of sp³-hybridized carbons (Fsp3) is 0.100. The number of amides is 2. The van der Waals surface area contributed by atoms with E-state index in [-0.39, 0.29) is 11.7 Å². The number of rotatable bonds is 4. The van der Waals surface area contributed by atoms with E-state index in [9.17, 15) is 9.59 Å². The fourth-order valence-electron chi connectivity index (χ4n) is 2.50. The monoisotopic (exact) mass is 334 g/mol. The van der Waals surface area contributed by atoms with Crippen LogP contribution in [0.3, 0.4) is 0 Å². The molecule has 2 aromatic carbocycles. The number of aryl methyl sites for hydroxylation is 2. The Balaban J connectivity index is 1.82. The number of carbonyl (C=O) groups excluding carboxylic acids is 2. The fourth-order valence-corrected chi connectivity index (χ4v) is 2.50. The van der Waals surface area contributed by atoms with Gasteiger partial charge in [0.05, 0.1) is 17.5 Å². The molecule has 25 heavy (non-hydrogen) atoms. The van der Waals surface area contributed by atoms with Crippen LogP contribution >= 0.6 is 0 Å². The third-order valence-electron chi connectivity index (χ3n) is 3.76. The lowest BCUT2D eigenvalue weighted by molar-refractivity contribution is 0.0996. The van der Waals surface area contributed by atoms with Crippen LogP contribution in [0.2, 0.25) is 0 Å². The van der Waals surface area contributed by atoms with E-state index in [1.54, 1.807) is 37.3 Å². The first kappa shape index (κ1) is 16.5. The minimum atomic E-state index is -0.390. The maximum atomic E-state index is 12.6. The number of furan rings is 1. The Bertz CT molecular complexity index is 928. The molecule has 0 spiro atoms. The van der Waals surface area contributed by atoms with Crippen molar-refractivity contribution in [1.82, 2.24) is 0 Å². The van der Waals surface area contributed by atoms with Gasteiger partial charge in [-0.1, -0.05) is 24.3 Å². The summed E-state index contributed by atoms with van der Waals surface area (Å²) in [6, 6.07) is 16.1. The highest BCUT2D eigenvalue weighted by atomic mass is 16.3. The molecule has 0 saturated carbocycles. The topological polar surface area (TPSA) is 71.3 Å². The minimum Gasteiger partial charge on any atom is -0.459 e. The Morgan fingerprint density at radius 1 is 0.880 bits per heavy atom. The van der Waals surface area contributed by atoms with Crippen molar-refractivity contribution in [3.8, 4) is 0 Å². The van der Waals surface area contributed by atoms with Crippen LogP contribution in [0.5, 0.6) is 0 Å². The molecule has 0 bridgehead atoms. The number of hydrogen-bond acceptors (Lipinski definition) is 3. The van der Waals surface area contributed by atoms with Crippen LogP contribution in [0.15, 0.2) is 65.3 Å². The molecule has 0 aliphatic heterocycles. The lowest BCUT2D eigenvalue weighted by Crippen LogP contribution is -2.18. The molecule has 0 saturated heterocycles. The lowest BCUT2D eigenvalue weighted by Gasteiger charge is -2.11. The first-order valence-electron chi connectivity index (χ1n) is 7.87. The molecule has 0 aliphatic rings. The van der Waals surface area contributed by atoms with E-state index in [2.05, 4.69) is 10.6 Å². The Labute approximate surface area is 145 Å². The van der Waals surface area contributed by atoms with Crippen LogP contribution in [-0.2, 0) is 0 Å². The molecule has 1 heterocycles. The summed E-state index contributed by atoms with van der Waals surface area (Å²) >= 11 is 0. The average molecular weight is 334 g/mol. The average Bonchev–Trinajstić information content (AvgIpc) is 3.01. The zero-order valence-corrected chi connectivity index (χ0v) is 14.0. The molecule has 3 rings (SSSR count). The summed E-state index contributed by atoms with van der Waals surface area (Å²) in [6.45, 7) is 3.74. The summed E-state index contributed by atoms with van der Waals surface area (Å²) < 4.78 is 5.19. The van der Waals surface area contributed by atoms with Gasteiger partial charge in [-0.3, -0.25) is 9.59 Å². The first-order chi connectivity index (χ1) is 12.0. The zero-order chi connectivity index (χ0) is 17.8. The van der Waals surface area contributed by atoms with E-state index in [4.69, 9.17) is 4.42 Å². The van der Waals surface area contributed by atoms with Gasteiger partial charge in [0.1, 0.15) is 0 Å². The molecule has 5 heteroatoms. The summed E-state index contributed by atoms with van der Waals surface area (Å²) in [5.74, 6) is -0.454. The van der Waals surface area contributed by atoms with Crippen molar-refractivity contribution in [1.29, 1.82) is 0 Å². The molecule has 0 atom stereocenters. The molecule has 2 N–H and O–H groups in total. The smallest absolute Gasteiger partial charge is 0.291 e. The predicted molar refractivity (Wildman–Crippen MR) is 97.0 cm³/mol. The van der Waals surface area contributed by atoms with Crippen molar-refractivity contribution in [2.24, 2.45) is 0 Å². The van der Waals surface area contributed by atoms with Gasteiger partial charge < -0.3 is 15.1 Å². The number of para-hydroxylation sites is 1. The highest BCUT2D eigenvalue weighted by Crippen LogP contribution is 2.20. The van der Waals surface area contributed by atoms with Gasteiger partial charge in [0.2, 0.25) is 0 Å². The summed E-state index contributed by atoms with van der Waals surface area (Å²) in [4.78, 5) is 24.9. The SMILES string of the molecule is Cc1cccc(NC(=O)c2ccccc2NC(=O)c2occc2C)c1. The molecular weight excluding hydrogens is 316 g/mol. The Hall–Kier alpha value is -3.34. The molecule has 126 valence electrons. The molecule has 0 radical (unpaired) electrons. The molecule has 0 fully saturated rings. The normalized spacial score (nSPS) is 10.3. The molecule has 1 aromatic heterocycles. The first-order valence-corrected chi connectivity index (χ1v) is 7.87. The molecule has 0 aliphatic carbocycles. The minimum absolute atomic E-state index is 0.230. The van der Waals surface area contributed by atoms with Gasteiger partial charge in [0, 0.05) is 11.3 Å². The highest BCUT2D eigenvalue weighted by Gasteiger charge is 2.17. The van der Waals surface area contributed by atoms with Gasteiger partial charge in [-0.05, 0) is 49.7 Å². The van der Waals surface area contributed by atoms with E-state index in [0.29, 0.717) is 16.9 Å². The third kappa shape index (κ3) is 3.77. The summed E-state index contributed by atoms with van der Waals surface area (Å²) in [5.41, 5.74) is 3.29. The van der Waals surface area contributed by atoms with Gasteiger partial charge in [0.15, 0.2) is 5.76 Å². The number of hydrogen-bond donors (Lipinski definition) is 2. The van der Waals surface area contributed by atoms with Crippen molar-refractivity contribution in [3.05, 3.63) is 83.3 Å². The van der Waals surface area contributed by atoms with Crippen LogP contribution < -0.4 is 10.6 Å². The molecule has 5 nitrogen and oxygen atoms in total. The van der Waals surface area contributed by atoms with Crippen molar-refractivity contribution in [2.45, 2.75) is 13.8 Å². The van der Waals surface area contributed by atoms with Crippen LogP contribution in [0.25, 0.3) is 0 Å². The second kappa shape index (κ2) is 7.05. The van der Waals surface area contributed by atoms with E-state index >= 15 is 0 Å². The maximum absolute atomic E-state index is 12.6. The Morgan fingerprint density at radius 2 is 1.68 bits per heavy atom. The summed E-state index contributed by atoms with van der Waals surface area (Å²) in [5, 5.41) is 5.58. The van der Waals surface area contributed by atoms with E-state index in [0.717, 1.165) is 11.1 Å². The number of carbonyl (C=O) groups is 2. The maximum Gasteiger partial charge on any atom is 0.291 e. The van der Waals surface area contributed by atoms with Gasteiger partial charge in [-0.25, -0.2) is 0 Å². The Morgan fingerprint density at radius 3 is 2.40 bits per heavy atom. The summed E-state index contributed by atoms with van der Waals surface area (Å²) in [6.07, 6.45) is 1.46. The third-order valence-corrected chi connectivity index (χ3v) is 3.76. The predicted octanol–water partition coefficient (Wildman–Crippen LogP) is 4.40. The summed E-state index contributed by atoms with van der Waals surface area (Å²) in [7, 11) is 0. The second-order valence-corrected chi connectivity index (χ2v) is 5.76. The van der Waals surface area contributed by atoms with Crippen molar-refractivity contribution in [3.63, 3.8) is 0 Å². The van der Waals surface area contributed by atoms with E-state index in [1.807, 2.05) is 31.2 Å². The zero-order valence-electron chi connectivity index (χ0n) is 14.0. The molecule has 3 aromatic rings. The molecular formula is C20H18N2O3. The van der Waals surface area contributed by atoms with Crippen LogP contribution in [0.1, 0.15) is 32.0 Å². The van der Waals surface area contributed by atoms with Crippen molar-refractivity contribution in [2.75, 3.05) is 10.6 Å². The molecule has 2 amide bonds. The van der Waals surface area contributed by atoms with Crippen LogP contribution in [-0.4, -0.2) is 11.8 Å².